The molecule has 4 saturated carbocycles. The van der Waals surface area contributed by atoms with Gasteiger partial charge in [0.1, 0.15) is 5.75 Å². The van der Waals surface area contributed by atoms with Crippen molar-refractivity contribution in [2.45, 2.75) is 95.6 Å². The number of unbranched alkanes of at least 4 members (excludes halogenated alkanes) is 1. The number of carbonyl (C=O) groups is 1. The molecule has 2 heterocycles. The zero-order valence-electron chi connectivity index (χ0n) is 22.7. The molecule has 0 unspecified atom stereocenters. The van der Waals surface area contributed by atoms with Crippen molar-refractivity contribution in [3.05, 3.63) is 29.8 Å². The highest BCUT2D eigenvalue weighted by Crippen LogP contribution is 2.58. The number of urea groups is 1. The lowest BCUT2D eigenvalue weighted by molar-refractivity contribution is -0.0649. The van der Waals surface area contributed by atoms with E-state index in [9.17, 15) is 4.79 Å². The normalized spacial score (nSPS) is 32.8. The average Bonchev–Trinajstić information content (AvgIpc) is 3.22. The van der Waals surface area contributed by atoms with Gasteiger partial charge in [-0.05, 0) is 133 Å². The second kappa shape index (κ2) is 10.2. The first kappa shape index (κ1) is 24.6. The average molecular weight is 494 g/mol. The van der Waals surface area contributed by atoms with Crippen molar-refractivity contribution >= 4 is 6.03 Å². The lowest BCUT2D eigenvalue weighted by Crippen LogP contribution is -2.60. The molecule has 36 heavy (non-hydrogen) atoms. The van der Waals surface area contributed by atoms with Gasteiger partial charge >= 0.3 is 6.03 Å². The maximum Gasteiger partial charge on any atom is 0.320 e. The fraction of sp³-hybridized carbons (Fsp3) is 0.774. The Morgan fingerprint density at radius 3 is 2.19 bits per heavy atom. The number of ether oxygens (including phenoxy) is 1. The van der Waals surface area contributed by atoms with E-state index in [0.717, 1.165) is 56.1 Å². The standard InChI is InChI=1S/C31H47N3O2/c1-23(2)36-29-8-4-3-7-28(29)27-9-13-32(14-10-27)11-5-6-12-33-15-16-34(30(33)35)31-20-24-17-25(21-31)19-26(18-24)22-31/h3-4,7-8,23-27H,5-6,9-22H2,1-2H3. The predicted molar refractivity (Wildman–Crippen MR) is 144 cm³/mol. The lowest BCUT2D eigenvalue weighted by Gasteiger charge is -2.59. The summed E-state index contributed by atoms with van der Waals surface area (Å²) in [6, 6.07) is 8.99. The largest absolute Gasteiger partial charge is 0.491 e. The molecule has 0 radical (unpaired) electrons. The van der Waals surface area contributed by atoms with Crippen LogP contribution in [0.15, 0.2) is 24.3 Å². The Morgan fingerprint density at radius 1 is 0.889 bits per heavy atom. The van der Waals surface area contributed by atoms with Gasteiger partial charge in [0.05, 0.1) is 6.10 Å². The smallest absolute Gasteiger partial charge is 0.320 e. The Kier molecular flexibility index (Phi) is 6.96. The van der Waals surface area contributed by atoms with Gasteiger partial charge in [-0.1, -0.05) is 18.2 Å². The van der Waals surface area contributed by atoms with Crippen molar-refractivity contribution in [3.8, 4) is 5.75 Å². The number of hydrogen-bond donors (Lipinski definition) is 0. The van der Waals surface area contributed by atoms with Gasteiger partial charge in [0.15, 0.2) is 0 Å². The summed E-state index contributed by atoms with van der Waals surface area (Å²) < 4.78 is 6.09. The maximum absolute atomic E-state index is 13.4. The predicted octanol–water partition coefficient (Wildman–Crippen LogP) is 6.14. The molecule has 0 spiro atoms. The molecule has 7 rings (SSSR count). The Morgan fingerprint density at radius 2 is 1.53 bits per heavy atom. The van der Waals surface area contributed by atoms with E-state index in [4.69, 9.17) is 4.74 Å². The minimum absolute atomic E-state index is 0.216. The van der Waals surface area contributed by atoms with Crippen LogP contribution in [0.5, 0.6) is 5.75 Å². The number of rotatable bonds is 9. The molecule has 1 aromatic rings. The first-order valence-electron chi connectivity index (χ1n) is 15.0. The first-order chi connectivity index (χ1) is 17.5. The minimum atomic E-state index is 0.216. The third kappa shape index (κ3) is 4.89. The minimum Gasteiger partial charge on any atom is -0.491 e. The fourth-order valence-electron chi connectivity index (χ4n) is 8.91. The quantitative estimate of drug-likeness (QED) is 0.388. The zero-order valence-corrected chi connectivity index (χ0v) is 22.7. The molecule has 5 nitrogen and oxygen atoms in total. The Labute approximate surface area is 218 Å². The summed E-state index contributed by atoms with van der Waals surface area (Å²) in [5, 5.41) is 0. The summed E-state index contributed by atoms with van der Waals surface area (Å²) in [5.41, 5.74) is 1.62. The van der Waals surface area contributed by atoms with Crippen molar-refractivity contribution in [2.75, 3.05) is 39.3 Å². The van der Waals surface area contributed by atoms with Gasteiger partial charge in [-0.3, -0.25) is 0 Å². The van der Waals surface area contributed by atoms with Crippen molar-refractivity contribution in [1.82, 2.24) is 14.7 Å². The van der Waals surface area contributed by atoms with E-state index in [0.29, 0.717) is 11.9 Å². The van der Waals surface area contributed by atoms with Gasteiger partial charge in [-0.25, -0.2) is 4.79 Å². The molecular weight excluding hydrogens is 446 g/mol. The monoisotopic (exact) mass is 493 g/mol. The Balaban J connectivity index is 0.934. The molecule has 0 aromatic heterocycles. The second-order valence-electron chi connectivity index (χ2n) is 13.1. The van der Waals surface area contributed by atoms with E-state index >= 15 is 0 Å². The summed E-state index contributed by atoms with van der Waals surface area (Å²) >= 11 is 0. The summed E-state index contributed by atoms with van der Waals surface area (Å²) in [6.07, 6.45) is 13.2. The lowest BCUT2D eigenvalue weighted by atomic mass is 9.52. The van der Waals surface area contributed by atoms with Crippen LogP contribution in [0.3, 0.4) is 0 Å². The van der Waals surface area contributed by atoms with Gasteiger partial charge in [0.2, 0.25) is 0 Å². The summed E-state index contributed by atoms with van der Waals surface area (Å²) in [4.78, 5) is 20.6. The van der Waals surface area contributed by atoms with Crippen LogP contribution in [0, 0.1) is 17.8 Å². The SMILES string of the molecule is CC(C)Oc1ccccc1C1CCN(CCCCN2CCN(C34CC5CC(CC(C5)C3)C4)C2=O)CC1. The summed E-state index contributed by atoms with van der Waals surface area (Å²) in [5.74, 6) is 4.38. The molecule has 6 fully saturated rings. The third-order valence-corrected chi connectivity index (χ3v) is 10.1. The molecule has 6 aliphatic rings. The molecule has 5 heteroatoms. The van der Waals surface area contributed by atoms with Gasteiger partial charge in [0.25, 0.3) is 0 Å². The van der Waals surface area contributed by atoms with Crippen LogP contribution in [0.25, 0.3) is 0 Å². The van der Waals surface area contributed by atoms with Gasteiger partial charge < -0.3 is 19.4 Å². The number of nitrogens with zero attached hydrogens (tertiary/aromatic N) is 3. The molecule has 4 bridgehead atoms. The van der Waals surface area contributed by atoms with Gasteiger partial charge in [-0.15, -0.1) is 0 Å². The van der Waals surface area contributed by atoms with Gasteiger partial charge in [-0.2, -0.15) is 0 Å². The zero-order chi connectivity index (χ0) is 24.7. The number of likely N-dealkylation sites (tertiary alicyclic amines) is 1. The number of amides is 2. The highest BCUT2D eigenvalue weighted by molar-refractivity contribution is 5.77. The number of carbonyl (C=O) groups excluding carboxylic acids is 1. The number of piperidine rings is 1. The van der Waals surface area contributed by atoms with E-state index in [1.807, 2.05) is 0 Å². The Hall–Kier alpha value is -1.75. The molecular formula is C31H47N3O2. The second-order valence-corrected chi connectivity index (χ2v) is 13.1. The van der Waals surface area contributed by atoms with Crippen molar-refractivity contribution in [2.24, 2.45) is 17.8 Å². The molecule has 0 atom stereocenters. The number of para-hydroxylation sites is 1. The third-order valence-electron chi connectivity index (χ3n) is 10.1. The van der Waals surface area contributed by atoms with Crippen LogP contribution in [-0.2, 0) is 0 Å². The highest BCUT2D eigenvalue weighted by Gasteiger charge is 2.56. The summed E-state index contributed by atoms with van der Waals surface area (Å²) in [6.45, 7) is 10.6. The van der Waals surface area contributed by atoms with Crippen LogP contribution in [0.4, 0.5) is 4.79 Å². The van der Waals surface area contributed by atoms with Crippen LogP contribution in [-0.4, -0.2) is 71.6 Å². The van der Waals surface area contributed by atoms with Crippen LogP contribution >= 0.6 is 0 Å². The van der Waals surface area contributed by atoms with E-state index in [1.165, 1.54) is 76.4 Å². The molecule has 2 aliphatic heterocycles. The van der Waals surface area contributed by atoms with Crippen molar-refractivity contribution in [1.29, 1.82) is 0 Å². The molecule has 1 aromatic carbocycles. The van der Waals surface area contributed by atoms with Crippen LogP contribution in [0.2, 0.25) is 0 Å². The van der Waals surface area contributed by atoms with E-state index < -0.39 is 0 Å². The summed E-state index contributed by atoms with van der Waals surface area (Å²) in [7, 11) is 0. The highest BCUT2D eigenvalue weighted by atomic mass is 16.5. The molecule has 4 aliphatic carbocycles. The van der Waals surface area contributed by atoms with Crippen molar-refractivity contribution < 1.29 is 9.53 Å². The van der Waals surface area contributed by atoms with E-state index in [-0.39, 0.29) is 11.6 Å². The fourth-order valence-corrected chi connectivity index (χ4v) is 8.91. The van der Waals surface area contributed by atoms with E-state index in [2.05, 4.69) is 52.8 Å². The van der Waals surface area contributed by atoms with Crippen molar-refractivity contribution in [3.63, 3.8) is 0 Å². The van der Waals surface area contributed by atoms with Crippen LogP contribution in [0.1, 0.15) is 89.5 Å². The Bertz CT molecular complexity index is 887. The van der Waals surface area contributed by atoms with E-state index in [1.54, 1.807) is 0 Å². The molecule has 198 valence electrons. The topological polar surface area (TPSA) is 36.0 Å². The number of benzene rings is 1. The van der Waals surface area contributed by atoms with Gasteiger partial charge in [0, 0.05) is 25.2 Å². The maximum atomic E-state index is 13.4. The van der Waals surface area contributed by atoms with Crippen LogP contribution < -0.4 is 4.74 Å². The molecule has 2 saturated heterocycles. The first-order valence-corrected chi connectivity index (χ1v) is 15.0. The molecule has 2 amide bonds. The molecule has 0 N–H and O–H groups in total. The number of hydrogen-bond acceptors (Lipinski definition) is 3.